The summed E-state index contributed by atoms with van der Waals surface area (Å²) in [5.74, 6) is 0.492. The van der Waals surface area contributed by atoms with E-state index in [2.05, 4.69) is 22.0 Å². The number of hydrogen-bond donors (Lipinski definition) is 0. The first-order valence-electron chi connectivity index (χ1n) is 11.3. The van der Waals surface area contributed by atoms with Crippen LogP contribution in [0.3, 0.4) is 0 Å². The van der Waals surface area contributed by atoms with Crippen LogP contribution in [-0.4, -0.2) is 31.9 Å². The van der Waals surface area contributed by atoms with Gasteiger partial charge in [0.2, 0.25) is 5.78 Å². The van der Waals surface area contributed by atoms with Crippen molar-refractivity contribution in [1.29, 1.82) is 0 Å². The highest BCUT2D eigenvalue weighted by molar-refractivity contribution is 6.30. The van der Waals surface area contributed by atoms with Crippen molar-refractivity contribution in [2.75, 3.05) is 13.1 Å². The predicted octanol–water partition coefficient (Wildman–Crippen LogP) is 6.71. The van der Waals surface area contributed by atoms with E-state index in [1.165, 1.54) is 9.96 Å². The lowest BCUT2D eigenvalue weighted by molar-refractivity contribution is -0.141. The van der Waals surface area contributed by atoms with Crippen molar-refractivity contribution >= 4 is 17.4 Å². The zero-order valence-electron chi connectivity index (χ0n) is 19.3. The largest absolute Gasteiger partial charge is 0.435 e. The number of fused-ring (bicyclic) bond motifs is 1. The van der Waals surface area contributed by atoms with Crippen molar-refractivity contribution in [2.24, 2.45) is 0 Å². The Morgan fingerprint density at radius 2 is 1.74 bits per heavy atom. The predicted molar refractivity (Wildman–Crippen MR) is 128 cm³/mol. The lowest BCUT2D eigenvalue weighted by Gasteiger charge is -2.17. The topological polar surface area (TPSA) is 25.5 Å². The van der Waals surface area contributed by atoms with Crippen LogP contribution in [0.1, 0.15) is 46.0 Å². The van der Waals surface area contributed by atoms with Crippen LogP contribution in [0.2, 0.25) is 5.15 Å². The standard InChI is InChI=1S/C26H26ClF3N4/c1-16-11-17(2)23(18(3)12-16)34-22(27)15-33-21(24(26(28,29)30)31-25(33)34)14-32-10-9-20(13-32)19-7-5-4-6-8-19/h4-8,11-12,15,20H,9-10,13-14H2,1-3H3. The molecule has 2 aromatic heterocycles. The van der Waals surface area contributed by atoms with E-state index in [-0.39, 0.29) is 18.0 Å². The van der Waals surface area contributed by atoms with Gasteiger partial charge >= 0.3 is 6.18 Å². The van der Waals surface area contributed by atoms with Gasteiger partial charge in [-0.15, -0.1) is 0 Å². The molecule has 178 valence electrons. The molecule has 1 fully saturated rings. The number of rotatable bonds is 4. The second kappa shape index (κ2) is 8.47. The summed E-state index contributed by atoms with van der Waals surface area (Å²) in [6.45, 7) is 7.46. The van der Waals surface area contributed by atoms with E-state index >= 15 is 0 Å². The van der Waals surface area contributed by atoms with Gasteiger partial charge in [0.25, 0.3) is 0 Å². The monoisotopic (exact) mass is 486 g/mol. The summed E-state index contributed by atoms with van der Waals surface area (Å²) < 4.78 is 45.4. The third-order valence-electron chi connectivity index (χ3n) is 6.68. The molecule has 1 aliphatic rings. The molecule has 0 amide bonds. The summed E-state index contributed by atoms with van der Waals surface area (Å²) in [6.07, 6.45) is -2.09. The molecule has 0 aliphatic carbocycles. The van der Waals surface area contributed by atoms with Gasteiger partial charge in [0, 0.05) is 19.3 Å². The summed E-state index contributed by atoms with van der Waals surface area (Å²) in [5.41, 5.74) is 4.21. The zero-order valence-corrected chi connectivity index (χ0v) is 20.1. The molecule has 34 heavy (non-hydrogen) atoms. The Bertz CT molecular complexity index is 1330. The fraction of sp³-hybridized carbons (Fsp3) is 0.346. The highest BCUT2D eigenvalue weighted by Crippen LogP contribution is 2.37. The smallest absolute Gasteiger partial charge is 0.297 e. The minimum atomic E-state index is -4.56. The number of likely N-dealkylation sites (tertiary alicyclic amines) is 1. The fourth-order valence-electron chi connectivity index (χ4n) is 5.30. The summed E-state index contributed by atoms with van der Waals surface area (Å²) in [5, 5.41) is 0.330. The summed E-state index contributed by atoms with van der Waals surface area (Å²) >= 11 is 6.59. The molecule has 2 aromatic carbocycles. The second-order valence-corrected chi connectivity index (χ2v) is 9.63. The number of imidazole rings is 2. The number of hydrogen-bond acceptors (Lipinski definition) is 2. The van der Waals surface area contributed by atoms with E-state index in [4.69, 9.17) is 11.6 Å². The Balaban J connectivity index is 1.57. The number of benzene rings is 2. The Hall–Kier alpha value is -2.77. The zero-order chi connectivity index (χ0) is 24.2. The van der Waals surface area contributed by atoms with Gasteiger partial charge in [0.1, 0.15) is 5.15 Å². The quantitative estimate of drug-likeness (QED) is 0.320. The summed E-state index contributed by atoms with van der Waals surface area (Å²) in [7, 11) is 0. The third-order valence-corrected chi connectivity index (χ3v) is 6.95. The van der Waals surface area contributed by atoms with Crippen molar-refractivity contribution in [3.8, 4) is 5.69 Å². The molecule has 1 unspecified atom stereocenters. The average molecular weight is 487 g/mol. The van der Waals surface area contributed by atoms with Gasteiger partial charge in [-0.3, -0.25) is 13.9 Å². The maximum absolute atomic E-state index is 14.1. The van der Waals surface area contributed by atoms with Gasteiger partial charge in [0.05, 0.1) is 11.4 Å². The Morgan fingerprint density at radius 1 is 1.06 bits per heavy atom. The van der Waals surface area contributed by atoms with Crippen LogP contribution in [0, 0.1) is 20.8 Å². The first-order valence-corrected chi connectivity index (χ1v) is 11.7. The molecule has 4 aromatic rings. The van der Waals surface area contributed by atoms with E-state index < -0.39 is 11.9 Å². The number of aryl methyl sites for hydroxylation is 3. The molecule has 1 saturated heterocycles. The van der Waals surface area contributed by atoms with E-state index in [0.29, 0.717) is 17.6 Å². The minimum absolute atomic E-state index is 0.124. The number of nitrogens with zero attached hydrogens (tertiary/aromatic N) is 4. The molecule has 0 radical (unpaired) electrons. The van der Waals surface area contributed by atoms with E-state index in [1.54, 1.807) is 10.8 Å². The normalized spacial score (nSPS) is 17.2. The van der Waals surface area contributed by atoms with Gasteiger partial charge in [-0.25, -0.2) is 4.98 Å². The van der Waals surface area contributed by atoms with Crippen LogP contribution >= 0.6 is 11.6 Å². The van der Waals surface area contributed by atoms with Crippen LogP contribution in [0.5, 0.6) is 0 Å². The maximum Gasteiger partial charge on any atom is 0.435 e. The first kappa shape index (κ1) is 23.0. The Kier molecular flexibility index (Phi) is 5.73. The average Bonchev–Trinajstić information content (AvgIpc) is 3.44. The second-order valence-electron chi connectivity index (χ2n) is 9.24. The molecule has 0 bridgehead atoms. The molecule has 0 N–H and O–H groups in total. The van der Waals surface area contributed by atoms with Gasteiger partial charge in [0.15, 0.2) is 5.69 Å². The SMILES string of the molecule is Cc1cc(C)c(-n2c(Cl)cn3c(CN4CCC(c5ccccc5)C4)c(C(F)(F)F)nc23)c(C)c1. The molecule has 0 spiro atoms. The van der Waals surface area contributed by atoms with E-state index in [9.17, 15) is 13.2 Å². The van der Waals surface area contributed by atoms with Crippen LogP contribution in [0.25, 0.3) is 11.5 Å². The lowest BCUT2D eigenvalue weighted by Crippen LogP contribution is -2.23. The van der Waals surface area contributed by atoms with Gasteiger partial charge in [-0.2, -0.15) is 13.2 Å². The van der Waals surface area contributed by atoms with E-state index in [1.807, 2.05) is 51.1 Å². The molecule has 8 heteroatoms. The molecule has 1 atom stereocenters. The highest BCUT2D eigenvalue weighted by atomic mass is 35.5. The maximum atomic E-state index is 14.1. The third kappa shape index (κ3) is 4.01. The molecular weight excluding hydrogens is 461 g/mol. The molecule has 1 aliphatic heterocycles. The van der Waals surface area contributed by atoms with Gasteiger partial charge < -0.3 is 0 Å². The first-order chi connectivity index (χ1) is 16.1. The van der Waals surface area contributed by atoms with Crippen molar-refractivity contribution in [2.45, 2.75) is 45.8 Å². The molecule has 4 nitrogen and oxygen atoms in total. The molecule has 0 saturated carbocycles. The number of aromatic nitrogens is 3. The van der Waals surface area contributed by atoms with Crippen LogP contribution < -0.4 is 0 Å². The van der Waals surface area contributed by atoms with Crippen LogP contribution in [0.15, 0.2) is 48.7 Å². The lowest BCUT2D eigenvalue weighted by atomic mass is 9.99. The fourth-order valence-corrected chi connectivity index (χ4v) is 5.56. The molecular formula is C26H26ClF3N4. The van der Waals surface area contributed by atoms with E-state index in [0.717, 1.165) is 35.3 Å². The summed E-state index contributed by atoms with van der Waals surface area (Å²) in [6, 6.07) is 14.1. The summed E-state index contributed by atoms with van der Waals surface area (Å²) in [4.78, 5) is 6.17. The van der Waals surface area contributed by atoms with Crippen molar-refractivity contribution in [3.05, 3.63) is 87.5 Å². The minimum Gasteiger partial charge on any atom is -0.297 e. The number of alkyl halides is 3. The Morgan fingerprint density at radius 3 is 2.38 bits per heavy atom. The van der Waals surface area contributed by atoms with Gasteiger partial charge in [-0.1, -0.05) is 59.6 Å². The molecule has 3 heterocycles. The van der Waals surface area contributed by atoms with Crippen molar-refractivity contribution in [1.82, 2.24) is 18.9 Å². The number of halogens is 4. The van der Waals surface area contributed by atoms with Crippen molar-refractivity contribution in [3.63, 3.8) is 0 Å². The van der Waals surface area contributed by atoms with Crippen LogP contribution in [0.4, 0.5) is 13.2 Å². The van der Waals surface area contributed by atoms with Gasteiger partial charge in [-0.05, 0) is 56.3 Å². The van der Waals surface area contributed by atoms with Crippen molar-refractivity contribution < 1.29 is 13.2 Å². The van der Waals surface area contributed by atoms with Crippen LogP contribution in [-0.2, 0) is 12.7 Å². The molecule has 5 rings (SSSR count). The Labute approximate surface area is 201 Å². The highest BCUT2D eigenvalue weighted by Gasteiger charge is 2.40.